The number of hydrogen-bond donors (Lipinski definition) is 2. The molecule has 0 unspecified atom stereocenters. The molecule has 5 heteroatoms. The Balaban J connectivity index is 1.77. The van der Waals surface area contributed by atoms with Gasteiger partial charge in [-0.1, -0.05) is 36.2 Å². The van der Waals surface area contributed by atoms with Crippen molar-refractivity contribution < 1.29 is 4.79 Å². The summed E-state index contributed by atoms with van der Waals surface area (Å²) in [6.07, 6.45) is 4.56. The maximum atomic E-state index is 12.3. The second kappa shape index (κ2) is 6.20. The lowest BCUT2D eigenvalue weighted by Crippen LogP contribution is -2.46. The maximum Gasteiger partial charge on any atom is 0.256 e. The minimum Gasteiger partial charge on any atom is -0.364 e. The van der Waals surface area contributed by atoms with Gasteiger partial charge in [-0.3, -0.25) is 9.59 Å². The second-order valence-electron chi connectivity index (χ2n) is 6.19. The summed E-state index contributed by atoms with van der Waals surface area (Å²) in [4.78, 5) is 27.1. The first-order valence-electron chi connectivity index (χ1n) is 7.74. The van der Waals surface area contributed by atoms with Gasteiger partial charge in [-0.15, -0.1) is 0 Å². The third-order valence-corrected chi connectivity index (χ3v) is 4.97. The Bertz CT molecular complexity index is 794. The third-order valence-electron chi connectivity index (χ3n) is 4.65. The summed E-state index contributed by atoms with van der Waals surface area (Å²) in [6.45, 7) is 2.27. The van der Waals surface area contributed by atoms with Gasteiger partial charge in [0.1, 0.15) is 5.56 Å². The van der Waals surface area contributed by atoms with Crippen molar-refractivity contribution in [1.82, 2.24) is 10.3 Å². The van der Waals surface area contributed by atoms with Gasteiger partial charge >= 0.3 is 0 Å². The van der Waals surface area contributed by atoms with Gasteiger partial charge in [0.2, 0.25) is 0 Å². The van der Waals surface area contributed by atoms with Crippen LogP contribution in [0.15, 0.2) is 41.3 Å². The van der Waals surface area contributed by atoms with Crippen LogP contribution in [0.3, 0.4) is 0 Å². The summed E-state index contributed by atoms with van der Waals surface area (Å²) in [7, 11) is 0. The fourth-order valence-corrected chi connectivity index (χ4v) is 3.47. The largest absolute Gasteiger partial charge is 0.364 e. The number of rotatable bonds is 4. The minimum atomic E-state index is -0.343. The number of pyridine rings is 1. The van der Waals surface area contributed by atoms with Crippen LogP contribution >= 0.6 is 11.6 Å². The van der Waals surface area contributed by atoms with Crippen molar-refractivity contribution in [2.45, 2.75) is 31.6 Å². The van der Waals surface area contributed by atoms with Crippen molar-refractivity contribution in [1.29, 1.82) is 0 Å². The topological polar surface area (TPSA) is 62.0 Å². The van der Waals surface area contributed by atoms with E-state index in [1.54, 1.807) is 6.92 Å². The molecule has 0 spiro atoms. The van der Waals surface area contributed by atoms with Gasteiger partial charge in [-0.2, -0.15) is 0 Å². The van der Waals surface area contributed by atoms with E-state index in [4.69, 9.17) is 11.6 Å². The number of amides is 1. The molecule has 1 aromatic carbocycles. The van der Waals surface area contributed by atoms with Gasteiger partial charge in [0.25, 0.3) is 5.91 Å². The highest BCUT2D eigenvalue weighted by Crippen LogP contribution is 2.45. The van der Waals surface area contributed by atoms with Gasteiger partial charge in [0.05, 0.1) is 0 Å². The Morgan fingerprint density at radius 1 is 1.35 bits per heavy atom. The molecule has 1 fully saturated rings. The Morgan fingerprint density at radius 3 is 2.70 bits per heavy atom. The molecule has 1 aromatic heterocycles. The standard InChI is InChI=1S/C18H19ClN2O2/c1-12-9-16(22)13(10-20-12)17(23)21-11-18(7-4-8-18)14-5-2-3-6-15(14)19/h2-3,5-6,9-10H,4,7-8,11H2,1H3,(H,20,22)(H,21,23). The Morgan fingerprint density at radius 2 is 2.09 bits per heavy atom. The number of aromatic nitrogens is 1. The normalized spacial score (nSPS) is 15.7. The van der Waals surface area contributed by atoms with E-state index in [9.17, 15) is 9.59 Å². The van der Waals surface area contributed by atoms with Crippen LogP contribution in [0, 0.1) is 6.92 Å². The van der Waals surface area contributed by atoms with Crippen molar-refractivity contribution in [3.05, 3.63) is 68.6 Å². The fourth-order valence-electron chi connectivity index (χ4n) is 3.13. The van der Waals surface area contributed by atoms with Gasteiger partial charge in [-0.25, -0.2) is 0 Å². The molecule has 0 saturated heterocycles. The average Bonchev–Trinajstić information content (AvgIpc) is 2.47. The second-order valence-corrected chi connectivity index (χ2v) is 6.60. The zero-order valence-corrected chi connectivity index (χ0v) is 13.7. The number of carbonyl (C=O) groups excluding carboxylic acids is 1. The molecule has 1 aliphatic carbocycles. The predicted octanol–water partition coefficient (Wildman–Crippen LogP) is 3.19. The highest BCUT2D eigenvalue weighted by molar-refractivity contribution is 6.31. The van der Waals surface area contributed by atoms with Crippen molar-refractivity contribution in [3.63, 3.8) is 0 Å². The molecule has 0 aliphatic heterocycles. The molecule has 23 heavy (non-hydrogen) atoms. The zero-order chi connectivity index (χ0) is 16.4. The van der Waals surface area contributed by atoms with Crippen molar-refractivity contribution >= 4 is 17.5 Å². The van der Waals surface area contributed by atoms with Gasteiger partial charge < -0.3 is 10.3 Å². The quantitative estimate of drug-likeness (QED) is 0.904. The molecule has 1 aliphatic rings. The van der Waals surface area contributed by atoms with E-state index in [1.165, 1.54) is 12.3 Å². The summed E-state index contributed by atoms with van der Waals surface area (Å²) < 4.78 is 0. The molecule has 0 atom stereocenters. The lowest BCUT2D eigenvalue weighted by Gasteiger charge is -2.43. The summed E-state index contributed by atoms with van der Waals surface area (Å²) >= 11 is 6.33. The Labute approximate surface area is 139 Å². The summed E-state index contributed by atoms with van der Waals surface area (Å²) in [6, 6.07) is 9.20. The molecule has 2 N–H and O–H groups in total. The van der Waals surface area contributed by atoms with Crippen LogP contribution in [0.1, 0.15) is 40.9 Å². The molecular weight excluding hydrogens is 312 g/mol. The first-order chi connectivity index (χ1) is 11.0. The van der Waals surface area contributed by atoms with E-state index >= 15 is 0 Å². The molecule has 1 saturated carbocycles. The van der Waals surface area contributed by atoms with E-state index < -0.39 is 0 Å². The van der Waals surface area contributed by atoms with Crippen molar-refractivity contribution in [2.24, 2.45) is 0 Å². The monoisotopic (exact) mass is 330 g/mol. The highest BCUT2D eigenvalue weighted by atomic mass is 35.5. The number of carbonyl (C=O) groups is 1. The molecule has 2 aromatic rings. The van der Waals surface area contributed by atoms with Crippen LogP contribution in [-0.2, 0) is 5.41 Å². The number of aromatic amines is 1. The van der Waals surface area contributed by atoms with Gasteiger partial charge in [0, 0.05) is 34.9 Å². The number of H-pyrrole nitrogens is 1. The Kier molecular flexibility index (Phi) is 4.26. The first-order valence-corrected chi connectivity index (χ1v) is 8.12. The van der Waals surface area contributed by atoms with Crippen LogP contribution < -0.4 is 10.7 Å². The molecule has 120 valence electrons. The number of halogens is 1. The molecule has 4 nitrogen and oxygen atoms in total. The minimum absolute atomic E-state index is 0.120. The van der Waals surface area contributed by atoms with Crippen LogP contribution in [0.2, 0.25) is 5.02 Å². The van der Waals surface area contributed by atoms with Crippen molar-refractivity contribution in [2.75, 3.05) is 6.54 Å². The molecule has 0 radical (unpaired) electrons. The van der Waals surface area contributed by atoms with Crippen LogP contribution in [0.25, 0.3) is 0 Å². The summed E-state index contributed by atoms with van der Waals surface area (Å²) in [5.41, 5.74) is 1.57. The Hall–Kier alpha value is -2.07. The third kappa shape index (κ3) is 3.04. The van der Waals surface area contributed by atoms with E-state index in [2.05, 4.69) is 10.3 Å². The molecule has 1 amide bonds. The number of benzene rings is 1. The van der Waals surface area contributed by atoms with Crippen molar-refractivity contribution in [3.8, 4) is 0 Å². The number of aryl methyl sites for hydroxylation is 1. The van der Waals surface area contributed by atoms with E-state index in [-0.39, 0.29) is 22.3 Å². The van der Waals surface area contributed by atoms with Gasteiger partial charge in [0.15, 0.2) is 5.43 Å². The smallest absolute Gasteiger partial charge is 0.256 e. The first kappa shape index (κ1) is 15.8. The molecule has 0 bridgehead atoms. The summed E-state index contributed by atoms with van der Waals surface area (Å²) in [5.74, 6) is -0.343. The van der Waals surface area contributed by atoms with E-state index in [0.717, 1.165) is 35.5 Å². The number of hydrogen-bond acceptors (Lipinski definition) is 2. The molecule has 1 heterocycles. The lowest BCUT2D eigenvalue weighted by atomic mass is 9.64. The molecular formula is C18H19ClN2O2. The maximum absolute atomic E-state index is 12.3. The van der Waals surface area contributed by atoms with Crippen LogP contribution in [0.5, 0.6) is 0 Å². The SMILES string of the molecule is Cc1cc(=O)c(C(=O)NCC2(c3ccccc3Cl)CCC2)c[nH]1. The predicted molar refractivity (Wildman–Crippen MR) is 91.1 cm³/mol. The number of nitrogens with one attached hydrogen (secondary N) is 2. The average molecular weight is 331 g/mol. The van der Waals surface area contributed by atoms with Crippen LogP contribution in [-0.4, -0.2) is 17.4 Å². The lowest BCUT2D eigenvalue weighted by molar-refractivity contribution is 0.0926. The fraction of sp³-hybridized carbons (Fsp3) is 0.333. The van der Waals surface area contributed by atoms with Gasteiger partial charge in [-0.05, 0) is 31.4 Å². The van der Waals surface area contributed by atoms with E-state index in [0.29, 0.717) is 6.54 Å². The highest BCUT2D eigenvalue weighted by Gasteiger charge is 2.40. The van der Waals surface area contributed by atoms with Crippen LogP contribution in [0.4, 0.5) is 0 Å². The molecule has 3 rings (SSSR count). The zero-order valence-electron chi connectivity index (χ0n) is 13.0. The van der Waals surface area contributed by atoms with E-state index in [1.807, 2.05) is 24.3 Å². The summed E-state index contributed by atoms with van der Waals surface area (Å²) in [5, 5.41) is 3.64.